The van der Waals surface area contributed by atoms with Crippen LogP contribution < -0.4 is 15.4 Å². The zero-order valence-electron chi connectivity index (χ0n) is 14.2. The van der Waals surface area contributed by atoms with Crippen LogP contribution >= 0.6 is 27.5 Å². The lowest BCUT2D eigenvalue weighted by Gasteiger charge is -2.29. The molecule has 1 heterocycles. The number of hydrogen-bond donors (Lipinski definition) is 2. The van der Waals surface area contributed by atoms with Gasteiger partial charge in [-0.15, -0.1) is 0 Å². The molecule has 3 nitrogen and oxygen atoms in total. The summed E-state index contributed by atoms with van der Waals surface area (Å²) in [5, 5.41) is 7.99. The summed E-state index contributed by atoms with van der Waals surface area (Å²) < 4.78 is 7.07. The normalized spacial score (nSPS) is 16.6. The van der Waals surface area contributed by atoms with Crippen LogP contribution in [0.15, 0.2) is 53.0 Å². The van der Waals surface area contributed by atoms with Gasteiger partial charge in [-0.1, -0.05) is 35.9 Å². The first-order valence-electron chi connectivity index (χ1n) is 8.79. The summed E-state index contributed by atoms with van der Waals surface area (Å²) in [7, 11) is 0. The molecule has 2 aromatic rings. The van der Waals surface area contributed by atoms with Gasteiger partial charge in [-0.05, 0) is 78.1 Å². The second-order valence-corrected chi connectivity index (χ2v) is 7.75. The van der Waals surface area contributed by atoms with Crippen molar-refractivity contribution >= 4 is 27.5 Å². The van der Waals surface area contributed by atoms with E-state index in [4.69, 9.17) is 16.3 Å². The Morgan fingerprint density at radius 3 is 2.56 bits per heavy atom. The van der Waals surface area contributed by atoms with Gasteiger partial charge in [-0.2, -0.15) is 0 Å². The van der Waals surface area contributed by atoms with Gasteiger partial charge in [0.1, 0.15) is 12.4 Å². The standard InChI is InChI=1S/C20H24BrClN2O/c21-19-3-1-2-4-20(19)25-14-18(24-17-9-11-23-12-10-17)13-15-5-7-16(22)8-6-15/h1-8,17-18,23-24H,9-14H2/t18-/m0/s1. The first kappa shape index (κ1) is 18.7. The van der Waals surface area contributed by atoms with Gasteiger partial charge in [0.05, 0.1) is 4.47 Å². The third-order valence-corrected chi connectivity index (χ3v) is 5.39. The van der Waals surface area contributed by atoms with Crippen molar-refractivity contribution in [2.75, 3.05) is 19.7 Å². The number of benzene rings is 2. The summed E-state index contributed by atoms with van der Waals surface area (Å²) in [5.41, 5.74) is 1.27. The van der Waals surface area contributed by atoms with E-state index in [0.29, 0.717) is 12.6 Å². The molecule has 0 aromatic heterocycles. The number of para-hydroxylation sites is 1. The lowest BCUT2D eigenvalue weighted by molar-refractivity contribution is 0.236. The zero-order chi connectivity index (χ0) is 17.5. The molecule has 1 saturated heterocycles. The zero-order valence-corrected chi connectivity index (χ0v) is 16.5. The highest BCUT2D eigenvalue weighted by Gasteiger charge is 2.19. The van der Waals surface area contributed by atoms with Crippen LogP contribution in [0.3, 0.4) is 0 Å². The van der Waals surface area contributed by atoms with Crippen molar-refractivity contribution in [3.8, 4) is 5.75 Å². The Balaban J connectivity index is 1.64. The van der Waals surface area contributed by atoms with Crippen LogP contribution in [0.2, 0.25) is 5.02 Å². The Morgan fingerprint density at radius 1 is 1.12 bits per heavy atom. The van der Waals surface area contributed by atoms with E-state index in [-0.39, 0.29) is 6.04 Å². The van der Waals surface area contributed by atoms with Gasteiger partial charge in [-0.3, -0.25) is 0 Å². The molecule has 5 heteroatoms. The van der Waals surface area contributed by atoms with E-state index in [1.54, 1.807) is 0 Å². The molecule has 0 radical (unpaired) electrons. The first-order chi connectivity index (χ1) is 12.2. The van der Waals surface area contributed by atoms with Crippen molar-refractivity contribution in [3.05, 3.63) is 63.6 Å². The number of ether oxygens (including phenoxy) is 1. The second kappa shape index (κ2) is 9.58. The Bertz CT molecular complexity index is 659. The largest absolute Gasteiger partial charge is 0.491 e. The Morgan fingerprint density at radius 2 is 1.84 bits per heavy atom. The van der Waals surface area contributed by atoms with Crippen LogP contribution in [0.4, 0.5) is 0 Å². The second-order valence-electron chi connectivity index (χ2n) is 6.46. The molecule has 1 fully saturated rings. The Labute approximate surface area is 163 Å². The van der Waals surface area contributed by atoms with Gasteiger partial charge in [-0.25, -0.2) is 0 Å². The van der Waals surface area contributed by atoms with Crippen molar-refractivity contribution < 1.29 is 4.74 Å². The van der Waals surface area contributed by atoms with Crippen molar-refractivity contribution in [3.63, 3.8) is 0 Å². The van der Waals surface area contributed by atoms with Gasteiger partial charge in [0, 0.05) is 17.1 Å². The highest BCUT2D eigenvalue weighted by molar-refractivity contribution is 9.10. The van der Waals surface area contributed by atoms with E-state index in [0.717, 1.165) is 47.6 Å². The van der Waals surface area contributed by atoms with Gasteiger partial charge >= 0.3 is 0 Å². The lowest BCUT2D eigenvalue weighted by Crippen LogP contribution is -2.47. The third-order valence-electron chi connectivity index (χ3n) is 4.48. The number of nitrogens with one attached hydrogen (secondary N) is 2. The number of rotatable bonds is 7. The van der Waals surface area contributed by atoms with Gasteiger partial charge in [0.15, 0.2) is 0 Å². The van der Waals surface area contributed by atoms with Gasteiger partial charge in [0.2, 0.25) is 0 Å². The average Bonchev–Trinajstić information content (AvgIpc) is 2.63. The summed E-state index contributed by atoms with van der Waals surface area (Å²) in [6, 6.07) is 16.9. The van der Waals surface area contributed by atoms with Crippen molar-refractivity contribution in [1.82, 2.24) is 10.6 Å². The first-order valence-corrected chi connectivity index (χ1v) is 9.96. The Hall–Kier alpha value is -1.07. The van der Waals surface area contributed by atoms with Crippen LogP contribution in [0, 0.1) is 0 Å². The van der Waals surface area contributed by atoms with Crippen LogP contribution in [-0.2, 0) is 6.42 Å². The lowest BCUT2D eigenvalue weighted by atomic mass is 10.0. The molecule has 0 amide bonds. The predicted octanol–water partition coefficient (Wildman–Crippen LogP) is 4.43. The smallest absolute Gasteiger partial charge is 0.133 e. The van der Waals surface area contributed by atoms with Gasteiger partial charge < -0.3 is 15.4 Å². The molecule has 2 aromatic carbocycles. The summed E-state index contributed by atoms with van der Waals surface area (Å²) in [5.74, 6) is 0.885. The SMILES string of the molecule is Clc1ccc(C[C@@H](COc2ccccc2Br)NC2CCNCC2)cc1. The molecule has 0 bridgehead atoms. The van der Waals surface area contributed by atoms with Crippen LogP contribution in [0.5, 0.6) is 5.75 Å². The maximum absolute atomic E-state index is 6.09. The van der Waals surface area contributed by atoms with Crippen molar-refractivity contribution in [2.45, 2.75) is 31.3 Å². The molecule has 0 unspecified atom stereocenters. The average molecular weight is 424 g/mol. The van der Waals surface area contributed by atoms with Crippen LogP contribution in [0.1, 0.15) is 18.4 Å². The number of halogens is 2. The van der Waals surface area contributed by atoms with E-state index < -0.39 is 0 Å². The fourth-order valence-corrected chi connectivity index (χ4v) is 3.67. The predicted molar refractivity (Wildman–Crippen MR) is 108 cm³/mol. The molecule has 0 aliphatic carbocycles. The minimum absolute atomic E-state index is 0.261. The summed E-state index contributed by atoms with van der Waals surface area (Å²) in [6.45, 7) is 2.79. The molecule has 1 atom stereocenters. The highest BCUT2D eigenvalue weighted by Crippen LogP contribution is 2.24. The maximum Gasteiger partial charge on any atom is 0.133 e. The fourth-order valence-electron chi connectivity index (χ4n) is 3.15. The van der Waals surface area contributed by atoms with Crippen LogP contribution in [-0.4, -0.2) is 31.8 Å². The van der Waals surface area contributed by atoms with Crippen molar-refractivity contribution in [2.24, 2.45) is 0 Å². The van der Waals surface area contributed by atoms with E-state index in [2.05, 4.69) is 38.7 Å². The maximum atomic E-state index is 6.09. The molecule has 1 aliphatic heterocycles. The van der Waals surface area contributed by atoms with E-state index in [1.165, 1.54) is 5.56 Å². The number of piperidine rings is 1. The highest BCUT2D eigenvalue weighted by atomic mass is 79.9. The minimum atomic E-state index is 0.261. The third kappa shape index (κ3) is 6.00. The molecule has 0 saturated carbocycles. The molecule has 3 rings (SSSR count). The molecular formula is C20H24BrClN2O. The summed E-state index contributed by atoms with van der Waals surface area (Å²) in [6.07, 6.45) is 3.24. The quantitative estimate of drug-likeness (QED) is 0.691. The van der Waals surface area contributed by atoms with E-state index >= 15 is 0 Å². The van der Waals surface area contributed by atoms with Gasteiger partial charge in [0.25, 0.3) is 0 Å². The van der Waals surface area contributed by atoms with Crippen LogP contribution in [0.25, 0.3) is 0 Å². The molecular weight excluding hydrogens is 400 g/mol. The molecule has 1 aliphatic rings. The summed E-state index contributed by atoms with van der Waals surface area (Å²) >= 11 is 9.56. The summed E-state index contributed by atoms with van der Waals surface area (Å²) in [4.78, 5) is 0. The fraction of sp³-hybridized carbons (Fsp3) is 0.400. The van der Waals surface area contributed by atoms with E-state index in [1.807, 2.05) is 36.4 Å². The monoisotopic (exact) mass is 422 g/mol. The molecule has 0 spiro atoms. The van der Waals surface area contributed by atoms with Crippen molar-refractivity contribution in [1.29, 1.82) is 0 Å². The molecule has 25 heavy (non-hydrogen) atoms. The topological polar surface area (TPSA) is 33.3 Å². The number of hydrogen-bond acceptors (Lipinski definition) is 3. The Kier molecular flexibility index (Phi) is 7.17. The molecule has 2 N–H and O–H groups in total. The van der Waals surface area contributed by atoms with E-state index in [9.17, 15) is 0 Å². The molecule has 134 valence electrons. The minimum Gasteiger partial charge on any atom is -0.491 e.